The molecule has 2 nitrogen and oxygen atoms in total. The summed E-state index contributed by atoms with van der Waals surface area (Å²) in [4.78, 5) is 0. The Bertz CT molecular complexity index is 606. The van der Waals surface area contributed by atoms with Crippen molar-refractivity contribution in [2.45, 2.75) is 26.8 Å². The summed E-state index contributed by atoms with van der Waals surface area (Å²) in [6.45, 7) is 6.44. The van der Waals surface area contributed by atoms with E-state index in [2.05, 4.69) is 50.4 Å². The number of aryl methyl sites for hydroxylation is 1. The average molecular weight is 250 g/mol. The Labute approximate surface area is 114 Å². The van der Waals surface area contributed by atoms with Gasteiger partial charge in [-0.2, -0.15) is 5.26 Å². The Kier molecular flexibility index (Phi) is 3.87. The molecule has 0 radical (unpaired) electrons. The zero-order chi connectivity index (χ0) is 13.8. The van der Waals surface area contributed by atoms with Crippen molar-refractivity contribution in [3.05, 3.63) is 64.7 Å². The van der Waals surface area contributed by atoms with Crippen LogP contribution in [0.4, 0.5) is 5.69 Å². The lowest BCUT2D eigenvalue weighted by Gasteiger charge is -2.19. The third-order valence-electron chi connectivity index (χ3n) is 3.51. The summed E-state index contributed by atoms with van der Waals surface area (Å²) in [6.07, 6.45) is 0. The van der Waals surface area contributed by atoms with Gasteiger partial charge < -0.3 is 5.32 Å². The van der Waals surface area contributed by atoms with E-state index in [1.165, 1.54) is 16.7 Å². The molecule has 0 aliphatic carbocycles. The van der Waals surface area contributed by atoms with Crippen LogP contribution in [-0.4, -0.2) is 0 Å². The number of nitriles is 1. The molecule has 0 amide bonds. The Hall–Kier alpha value is -2.27. The minimum atomic E-state index is 0.243. The summed E-state index contributed by atoms with van der Waals surface area (Å²) < 4.78 is 0. The first-order valence-electron chi connectivity index (χ1n) is 6.44. The Morgan fingerprint density at radius 2 is 1.74 bits per heavy atom. The highest BCUT2D eigenvalue weighted by atomic mass is 14.9. The summed E-state index contributed by atoms with van der Waals surface area (Å²) in [5, 5.41) is 12.3. The molecule has 96 valence electrons. The highest BCUT2D eigenvalue weighted by molar-refractivity contribution is 5.49. The monoisotopic (exact) mass is 250 g/mol. The second-order valence-corrected chi connectivity index (χ2v) is 4.84. The van der Waals surface area contributed by atoms with E-state index in [9.17, 15) is 0 Å². The largest absolute Gasteiger partial charge is 0.379 e. The van der Waals surface area contributed by atoms with Crippen LogP contribution in [-0.2, 0) is 0 Å². The highest BCUT2D eigenvalue weighted by Crippen LogP contribution is 2.24. The van der Waals surface area contributed by atoms with E-state index in [1.807, 2.05) is 24.3 Å². The lowest BCUT2D eigenvalue weighted by Crippen LogP contribution is -2.08. The van der Waals surface area contributed by atoms with Crippen molar-refractivity contribution in [1.82, 2.24) is 0 Å². The van der Waals surface area contributed by atoms with Gasteiger partial charge in [0.2, 0.25) is 0 Å². The van der Waals surface area contributed by atoms with Crippen molar-refractivity contribution in [3.63, 3.8) is 0 Å². The van der Waals surface area contributed by atoms with Gasteiger partial charge in [-0.1, -0.05) is 18.2 Å². The van der Waals surface area contributed by atoms with Gasteiger partial charge in [0.1, 0.15) is 0 Å². The number of rotatable bonds is 3. The fraction of sp³-hybridized carbons (Fsp3) is 0.235. The topological polar surface area (TPSA) is 35.8 Å². The lowest BCUT2D eigenvalue weighted by molar-refractivity contribution is 0.871. The van der Waals surface area contributed by atoms with Gasteiger partial charge in [-0.15, -0.1) is 0 Å². The molecule has 19 heavy (non-hydrogen) atoms. The third kappa shape index (κ3) is 2.95. The van der Waals surface area contributed by atoms with Gasteiger partial charge in [-0.05, 0) is 61.7 Å². The molecule has 1 atom stereocenters. The maximum Gasteiger partial charge on any atom is 0.0991 e. The molecule has 2 heteroatoms. The van der Waals surface area contributed by atoms with Gasteiger partial charge in [0.05, 0.1) is 11.6 Å². The number of benzene rings is 2. The van der Waals surface area contributed by atoms with Crippen molar-refractivity contribution in [1.29, 1.82) is 5.26 Å². The van der Waals surface area contributed by atoms with E-state index in [0.717, 1.165) is 5.69 Å². The molecule has 0 aliphatic rings. The molecule has 2 aromatic rings. The number of nitrogens with one attached hydrogen (secondary N) is 1. The molecule has 2 aromatic carbocycles. The Morgan fingerprint density at radius 1 is 1.05 bits per heavy atom. The molecule has 0 spiro atoms. The van der Waals surface area contributed by atoms with Crippen LogP contribution in [0.25, 0.3) is 0 Å². The Balaban J connectivity index is 2.18. The van der Waals surface area contributed by atoms with Crippen molar-refractivity contribution >= 4 is 5.69 Å². The number of hydrogen-bond donors (Lipinski definition) is 1. The second-order valence-electron chi connectivity index (χ2n) is 4.84. The summed E-state index contributed by atoms with van der Waals surface area (Å²) in [5.74, 6) is 0. The third-order valence-corrected chi connectivity index (χ3v) is 3.51. The zero-order valence-corrected chi connectivity index (χ0v) is 11.6. The van der Waals surface area contributed by atoms with Gasteiger partial charge >= 0.3 is 0 Å². The molecule has 0 aliphatic heterocycles. The molecule has 0 saturated carbocycles. The smallest absolute Gasteiger partial charge is 0.0991 e. The van der Waals surface area contributed by atoms with E-state index < -0.39 is 0 Å². The minimum Gasteiger partial charge on any atom is -0.379 e. The van der Waals surface area contributed by atoms with Crippen LogP contribution >= 0.6 is 0 Å². The number of anilines is 1. The number of hydrogen-bond acceptors (Lipinski definition) is 2. The van der Waals surface area contributed by atoms with E-state index in [1.54, 1.807) is 0 Å². The van der Waals surface area contributed by atoms with Crippen LogP contribution in [0.1, 0.15) is 35.2 Å². The van der Waals surface area contributed by atoms with Gasteiger partial charge in [-0.25, -0.2) is 0 Å². The van der Waals surface area contributed by atoms with E-state index in [-0.39, 0.29) is 6.04 Å². The van der Waals surface area contributed by atoms with Crippen molar-refractivity contribution < 1.29 is 0 Å². The lowest BCUT2D eigenvalue weighted by atomic mass is 9.98. The number of nitrogens with zero attached hydrogens (tertiary/aromatic N) is 1. The quantitative estimate of drug-likeness (QED) is 0.879. The van der Waals surface area contributed by atoms with Gasteiger partial charge in [0.15, 0.2) is 0 Å². The standard InChI is InChI=1S/C17H18N2/c1-12-5-4-6-17(13(12)2)14(3)19-16-9-7-15(11-18)8-10-16/h4-10,14,19H,1-3H3. The summed E-state index contributed by atoms with van der Waals surface area (Å²) in [5.41, 5.74) is 5.67. The average Bonchev–Trinajstić information content (AvgIpc) is 2.42. The van der Waals surface area contributed by atoms with Crippen LogP contribution in [0.2, 0.25) is 0 Å². The van der Waals surface area contributed by atoms with Crippen LogP contribution in [0.15, 0.2) is 42.5 Å². The van der Waals surface area contributed by atoms with Crippen LogP contribution in [0, 0.1) is 25.2 Å². The van der Waals surface area contributed by atoms with Gasteiger partial charge in [0, 0.05) is 11.7 Å². The predicted octanol–water partition coefficient (Wildman–Crippen LogP) is 4.35. The van der Waals surface area contributed by atoms with E-state index >= 15 is 0 Å². The first kappa shape index (κ1) is 13.2. The fourth-order valence-electron chi connectivity index (χ4n) is 2.21. The zero-order valence-electron chi connectivity index (χ0n) is 11.6. The van der Waals surface area contributed by atoms with Gasteiger partial charge in [-0.3, -0.25) is 0 Å². The van der Waals surface area contributed by atoms with E-state index in [4.69, 9.17) is 5.26 Å². The second kappa shape index (κ2) is 5.58. The summed E-state index contributed by atoms with van der Waals surface area (Å²) in [7, 11) is 0. The maximum absolute atomic E-state index is 8.78. The molecule has 0 aromatic heterocycles. The maximum atomic E-state index is 8.78. The molecular weight excluding hydrogens is 232 g/mol. The Morgan fingerprint density at radius 3 is 2.37 bits per heavy atom. The molecule has 1 unspecified atom stereocenters. The molecule has 0 saturated heterocycles. The van der Waals surface area contributed by atoms with Crippen molar-refractivity contribution in [3.8, 4) is 6.07 Å². The fourth-order valence-corrected chi connectivity index (χ4v) is 2.21. The molecule has 0 heterocycles. The molecular formula is C17H18N2. The van der Waals surface area contributed by atoms with Crippen LogP contribution < -0.4 is 5.32 Å². The summed E-state index contributed by atoms with van der Waals surface area (Å²) in [6, 6.07) is 16.3. The predicted molar refractivity (Wildman–Crippen MR) is 79.1 cm³/mol. The van der Waals surface area contributed by atoms with Crippen LogP contribution in [0.5, 0.6) is 0 Å². The minimum absolute atomic E-state index is 0.243. The van der Waals surface area contributed by atoms with Crippen LogP contribution in [0.3, 0.4) is 0 Å². The van der Waals surface area contributed by atoms with Crippen molar-refractivity contribution in [2.75, 3.05) is 5.32 Å². The molecule has 0 fully saturated rings. The summed E-state index contributed by atoms with van der Waals surface area (Å²) >= 11 is 0. The van der Waals surface area contributed by atoms with E-state index in [0.29, 0.717) is 5.56 Å². The molecule has 0 bridgehead atoms. The molecule has 1 N–H and O–H groups in total. The first-order valence-corrected chi connectivity index (χ1v) is 6.44. The first-order chi connectivity index (χ1) is 9.11. The van der Waals surface area contributed by atoms with Gasteiger partial charge in [0.25, 0.3) is 0 Å². The SMILES string of the molecule is Cc1cccc(C(C)Nc2ccc(C#N)cc2)c1C. The normalized spacial score (nSPS) is 11.7. The highest BCUT2D eigenvalue weighted by Gasteiger charge is 2.09. The molecule has 2 rings (SSSR count). The van der Waals surface area contributed by atoms with Crippen molar-refractivity contribution in [2.24, 2.45) is 0 Å².